The van der Waals surface area contributed by atoms with E-state index in [1.165, 1.54) is 10.8 Å². The van der Waals surface area contributed by atoms with Crippen molar-refractivity contribution < 1.29 is 48.3 Å². The Bertz CT molecular complexity index is 1170. The summed E-state index contributed by atoms with van der Waals surface area (Å²) >= 11 is 1.01. The van der Waals surface area contributed by atoms with Gasteiger partial charge in [-0.15, -0.1) is 11.3 Å². The Hall–Kier alpha value is -2.59. The van der Waals surface area contributed by atoms with Crippen LogP contribution in [0.15, 0.2) is 28.7 Å². The molecule has 1 aliphatic rings. The maximum Gasteiger partial charge on any atom is 0.279 e. The van der Waals surface area contributed by atoms with Gasteiger partial charge in [0.2, 0.25) is 5.91 Å². The molecule has 1 aromatic carbocycles. The van der Waals surface area contributed by atoms with E-state index in [0.29, 0.717) is 0 Å². The predicted octanol–water partition coefficient (Wildman–Crippen LogP) is 0.718. The summed E-state index contributed by atoms with van der Waals surface area (Å²) in [6.45, 7) is 4.45. The van der Waals surface area contributed by atoms with Crippen molar-refractivity contribution in [3.05, 3.63) is 45.7 Å². The third kappa shape index (κ3) is 7.25. The Kier molecular flexibility index (Phi) is 9.28. The molecule has 3 rings (SSSR count). The molecule has 11 nitrogen and oxygen atoms in total. The second-order valence-electron chi connectivity index (χ2n) is 9.67. The van der Waals surface area contributed by atoms with E-state index in [2.05, 4.69) is 10.3 Å². The Morgan fingerprint density at radius 3 is 2.41 bits per heavy atom. The first kappa shape index (κ1) is 29.0. The van der Waals surface area contributed by atoms with Crippen LogP contribution in [0.4, 0.5) is 14.5 Å². The number of carbonyl (C=O) groups excluding carboxylic acids is 2. The Morgan fingerprint density at radius 2 is 1.81 bits per heavy atom. The zero-order valence-electron chi connectivity index (χ0n) is 20.3. The minimum atomic E-state index is -1.62. The molecule has 1 aliphatic heterocycles. The number of nitrogens with one attached hydrogen (secondary N) is 1. The first-order chi connectivity index (χ1) is 17.3. The number of thiazole rings is 1. The molecule has 1 fully saturated rings. The Labute approximate surface area is 214 Å². The predicted molar refractivity (Wildman–Crippen MR) is 126 cm³/mol. The number of rotatable bonds is 7. The SMILES string of the molecule is CC(C)(C)CC(=O)Nc1c(F)cc(C(=O)N=c2sccn2CO[C@H]2OC(CO)[C@H](O)[C@H](O)[C@@H]2O)cc1F. The van der Waals surface area contributed by atoms with Crippen LogP contribution in [-0.4, -0.2) is 74.1 Å². The fraction of sp³-hybridized carbons (Fsp3) is 0.522. The summed E-state index contributed by atoms with van der Waals surface area (Å²) in [4.78, 5) is 28.6. The molecule has 0 radical (unpaired) electrons. The van der Waals surface area contributed by atoms with Crippen molar-refractivity contribution in [2.24, 2.45) is 10.4 Å². The number of benzene rings is 1. The molecule has 5 atom stereocenters. The van der Waals surface area contributed by atoms with Crippen LogP contribution in [-0.2, 0) is 21.0 Å². The van der Waals surface area contributed by atoms with Crippen LogP contribution in [0.2, 0.25) is 0 Å². The molecule has 2 heterocycles. The van der Waals surface area contributed by atoms with Gasteiger partial charge in [0.25, 0.3) is 5.91 Å². The van der Waals surface area contributed by atoms with Gasteiger partial charge >= 0.3 is 0 Å². The van der Waals surface area contributed by atoms with Crippen molar-refractivity contribution in [3.63, 3.8) is 0 Å². The number of aliphatic hydroxyl groups excluding tert-OH is 4. The molecule has 204 valence electrons. The first-order valence-corrected chi connectivity index (χ1v) is 12.1. The molecule has 0 saturated carbocycles. The highest BCUT2D eigenvalue weighted by Gasteiger charge is 2.44. The Morgan fingerprint density at radius 1 is 1.16 bits per heavy atom. The van der Waals surface area contributed by atoms with Crippen LogP contribution in [0.5, 0.6) is 0 Å². The van der Waals surface area contributed by atoms with E-state index in [4.69, 9.17) is 9.47 Å². The summed E-state index contributed by atoms with van der Waals surface area (Å²) < 4.78 is 41.1. The second-order valence-corrected chi connectivity index (χ2v) is 10.5. The number of amides is 2. The molecule has 37 heavy (non-hydrogen) atoms. The molecule has 0 spiro atoms. The van der Waals surface area contributed by atoms with Crippen molar-refractivity contribution in [1.82, 2.24) is 4.57 Å². The molecular weight excluding hydrogens is 516 g/mol. The van der Waals surface area contributed by atoms with Gasteiger partial charge in [-0.2, -0.15) is 4.99 Å². The van der Waals surface area contributed by atoms with Gasteiger partial charge < -0.3 is 35.2 Å². The van der Waals surface area contributed by atoms with E-state index in [-0.39, 0.29) is 18.0 Å². The summed E-state index contributed by atoms with van der Waals surface area (Å²) in [6, 6.07) is 1.54. The molecule has 5 N–H and O–H groups in total. The van der Waals surface area contributed by atoms with Crippen molar-refractivity contribution in [2.45, 2.75) is 64.6 Å². The molecule has 0 aliphatic carbocycles. The number of anilines is 1. The second kappa shape index (κ2) is 11.9. The molecule has 0 bridgehead atoms. The lowest BCUT2D eigenvalue weighted by Gasteiger charge is -2.39. The summed E-state index contributed by atoms with van der Waals surface area (Å²) in [5.74, 6) is -3.81. The number of hydrogen-bond donors (Lipinski definition) is 5. The first-order valence-electron chi connectivity index (χ1n) is 11.2. The number of aliphatic hydroxyl groups is 4. The highest BCUT2D eigenvalue weighted by atomic mass is 32.1. The molecule has 14 heteroatoms. The lowest BCUT2D eigenvalue weighted by Crippen LogP contribution is -2.59. The van der Waals surface area contributed by atoms with Gasteiger partial charge in [-0.05, 0) is 17.5 Å². The van der Waals surface area contributed by atoms with Gasteiger partial charge in [-0.25, -0.2) is 8.78 Å². The lowest BCUT2D eigenvalue weighted by molar-refractivity contribution is -0.308. The third-order valence-electron chi connectivity index (χ3n) is 5.33. The van der Waals surface area contributed by atoms with Gasteiger partial charge in [-0.3, -0.25) is 14.2 Å². The minimum Gasteiger partial charge on any atom is -0.394 e. The smallest absolute Gasteiger partial charge is 0.279 e. The van der Waals surface area contributed by atoms with Crippen molar-refractivity contribution in [2.75, 3.05) is 11.9 Å². The normalized spacial score (nSPS) is 24.8. The number of nitrogens with zero attached hydrogens (tertiary/aromatic N) is 2. The summed E-state index contributed by atoms with van der Waals surface area (Å²) in [7, 11) is 0. The van der Waals surface area contributed by atoms with E-state index in [1.807, 2.05) is 0 Å². The highest BCUT2D eigenvalue weighted by molar-refractivity contribution is 7.07. The molecular formula is C23H29F2N3O8S. The maximum absolute atomic E-state index is 14.5. The van der Waals surface area contributed by atoms with E-state index < -0.39 is 77.4 Å². The number of carbonyl (C=O) groups is 2. The summed E-state index contributed by atoms with van der Waals surface area (Å²) in [5.41, 5.74) is -1.45. The van der Waals surface area contributed by atoms with Crippen LogP contribution in [0.1, 0.15) is 37.6 Å². The zero-order chi connectivity index (χ0) is 27.5. The average Bonchev–Trinajstić information content (AvgIpc) is 3.25. The quantitative estimate of drug-likeness (QED) is 0.340. The van der Waals surface area contributed by atoms with E-state index in [0.717, 1.165) is 23.5 Å². The monoisotopic (exact) mass is 545 g/mol. The van der Waals surface area contributed by atoms with E-state index >= 15 is 0 Å². The van der Waals surface area contributed by atoms with Crippen molar-refractivity contribution in [3.8, 4) is 0 Å². The molecule has 2 amide bonds. The number of hydrogen-bond acceptors (Lipinski definition) is 9. The maximum atomic E-state index is 14.5. The fourth-order valence-electron chi connectivity index (χ4n) is 3.48. The van der Waals surface area contributed by atoms with Gasteiger partial charge in [0, 0.05) is 23.6 Å². The van der Waals surface area contributed by atoms with Gasteiger partial charge in [-0.1, -0.05) is 20.8 Å². The minimum absolute atomic E-state index is 0.0332. The number of aromatic nitrogens is 1. The van der Waals surface area contributed by atoms with Crippen LogP contribution in [0.3, 0.4) is 0 Å². The highest BCUT2D eigenvalue weighted by Crippen LogP contribution is 2.25. The van der Waals surface area contributed by atoms with Gasteiger partial charge in [0.1, 0.15) is 36.8 Å². The molecule has 2 aromatic rings. The van der Waals surface area contributed by atoms with Crippen LogP contribution in [0.25, 0.3) is 0 Å². The number of halogens is 2. The average molecular weight is 546 g/mol. The van der Waals surface area contributed by atoms with Crippen LogP contribution in [0, 0.1) is 17.0 Å². The van der Waals surface area contributed by atoms with Crippen molar-refractivity contribution >= 4 is 28.8 Å². The largest absolute Gasteiger partial charge is 0.394 e. The topological polar surface area (TPSA) is 163 Å². The summed E-state index contributed by atoms with van der Waals surface area (Å²) in [6.07, 6.45) is -5.84. The molecule has 1 unspecified atom stereocenters. The van der Waals surface area contributed by atoms with E-state index in [9.17, 15) is 38.8 Å². The lowest BCUT2D eigenvalue weighted by atomic mass is 9.92. The van der Waals surface area contributed by atoms with Gasteiger partial charge in [0.15, 0.2) is 22.7 Å². The number of ether oxygens (including phenoxy) is 2. The van der Waals surface area contributed by atoms with Crippen LogP contribution < -0.4 is 10.1 Å². The molecule has 1 saturated heterocycles. The third-order valence-corrected chi connectivity index (χ3v) is 6.12. The van der Waals surface area contributed by atoms with Crippen LogP contribution >= 0.6 is 11.3 Å². The summed E-state index contributed by atoms with van der Waals surface area (Å²) in [5, 5.41) is 42.8. The zero-order valence-corrected chi connectivity index (χ0v) is 21.1. The Balaban J connectivity index is 1.73. The standard InChI is InChI=1S/C23H29F2N3O8S/c1-23(2,3)8-15(30)26-16-12(24)6-11(7-13(16)25)20(34)27-22-28(4-5-37-22)10-35-21-19(33)18(32)17(31)14(9-29)36-21/h4-7,14,17-19,21,29,31-33H,8-10H2,1-3H3,(H,26,30)/t14?,17-,18-,19-,21-/m0/s1. The van der Waals surface area contributed by atoms with Gasteiger partial charge in [0.05, 0.1) is 6.61 Å². The molecule has 1 aromatic heterocycles. The fourth-order valence-corrected chi connectivity index (χ4v) is 4.19. The van der Waals surface area contributed by atoms with Crippen molar-refractivity contribution in [1.29, 1.82) is 0 Å². The van der Waals surface area contributed by atoms with E-state index in [1.54, 1.807) is 26.2 Å².